The van der Waals surface area contributed by atoms with Crippen LogP contribution in [0, 0.1) is 0 Å². The summed E-state index contributed by atoms with van der Waals surface area (Å²) in [6.07, 6.45) is 2.68. The van der Waals surface area contributed by atoms with Gasteiger partial charge >= 0.3 is 0 Å². The number of benzene rings is 1. The molecule has 1 N–H and O–H groups in total. The normalized spacial score (nSPS) is 25.5. The van der Waals surface area contributed by atoms with E-state index in [9.17, 15) is 0 Å². The Balaban J connectivity index is 0.00000289. The van der Waals surface area contributed by atoms with E-state index in [1.54, 1.807) is 0 Å². The quantitative estimate of drug-likeness (QED) is 0.316. The maximum Gasteiger partial charge on any atom is 0.194 e. The van der Waals surface area contributed by atoms with Gasteiger partial charge in [-0.3, -0.25) is 14.8 Å². The standard InChI is InChI=1S/C24H39N5O2.HI/c1-2-25-24(29-16-18-31-23(20-29)22-9-6-17-30-22)26-10-11-27-12-14-28(15-13-27)19-21-7-4-3-5-8-21;/h3-5,7-8,22-23H,2,6,9-20H2,1H3,(H,25,26);1H. The molecular formula is C24H40IN5O2. The lowest BCUT2D eigenvalue weighted by molar-refractivity contribution is -0.0817. The summed E-state index contributed by atoms with van der Waals surface area (Å²) in [5.41, 5.74) is 1.41. The van der Waals surface area contributed by atoms with Gasteiger partial charge in [-0.15, -0.1) is 24.0 Å². The van der Waals surface area contributed by atoms with Gasteiger partial charge in [0.2, 0.25) is 0 Å². The van der Waals surface area contributed by atoms with Gasteiger partial charge in [0.1, 0.15) is 6.10 Å². The highest BCUT2D eigenvalue weighted by atomic mass is 127. The third-order valence-electron chi connectivity index (χ3n) is 6.50. The first-order valence-electron chi connectivity index (χ1n) is 12.1. The summed E-state index contributed by atoms with van der Waals surface area (Å²) in [7, 11) is 0. The van der Waals surface area contributed by atoms with Gasteiger partial charge in [-0.2, -0.15) is 0 Å². The number of hydrogen-bond donors (Lipinski definition) is 1. The first kappa shape index (κ1) is 25.7. The van der Waals surface area contributed by atoms with Gasteiger partial charge in [0.15, 0.2) is 5.96 Å². The predicted molar refractivity (Wildman–Crippen MR) is 140 cm³/mol. The minimum absolute atomic E-state index is 0. The van der Waals surface area contributed by atoms with Crippen molar-refractivity contribution in [2.24, 2.45) is 4.99 Å². The molecular weight excluding hydrogens is 517 g/mol. The largest absolute Gasteiger partial charge is 0.375 e. The zero-order valence-electron chi connectivity index (χ0n) is 19.5. The third kappa shape index (κ3) is 7.55. The van der Waals surface area contributed by atoms with Crippen molar-refractivity contribution >= 4 is 29.9 Å². The first-order chi connectivity index (χ1) is 15.3. The van der Waals surface area contributed by atoms with Crippen molar-refractivity contribution < 1.29 is 9.47 Å². The number of rotatable bonds is 7. The molecule has 1 aromatic carbocycles. The summed E-state index contributed by atoms with van der Waals surface area (Å²) in [5.74, 6) is 1.02. The number of halogens is 1. The van der Waals surface area contributed by atoms with Crippen LogP contribution >= 0.6 is 24.0 Å². The molecule has 3 aliphatic rings. The van der Waals surface area contributed by atoms with Gasteiger partial charge in [0, 0.05) is 65.5 Å². The molecule has 180 valence electrons. The number of nitrogens with one attached hydrogen (secondary N) is 1. The molecule has 0 radical (unpaired) electrons. The minimum Gasteiger partial charge on any atom is -0.375 e. The number of ether oxygens (including phenoxy) is 2. The zero-order chi connectivity index (χ0) is 21.3. The van der Waals surface area contributed by atoms with Crippen LogP contribution in [0.2, 0.25) is 0 Å². The van der Waals surface area contributed by atoms with Crippen LogP contribution < -0.4 is 5.32 Å². The van der Waals surface area contributed by atoms with Crippen LogP contribution in [-0.4, -0.2) is 105 Å². The lowest BCUT2D eigenvalue weighted by Crippen LogP contribution is -2.53. The number of morpholine rings is 1. The average molecular weight is 558 g/mol. The molecule has 3 fully saturated rings. The van der Waals surface area contributed by atoms with Crippen molar-refractivity contribution in [3.63, 3.8) is 0 Å². The van der Waals surface area contributed by atoms with E-state index in [-0.39, 0.29) is 36.2 Å². The lowest BCUT2D eigenvalue weighted by atomic mass is 10.1. The molecule has 0 bridgehead atoms. The summed E-state index contributed by atoms with van der Waals surface area (Å²) in [4.78, 5) is 12.4. The second-order valence-electron chi connectivity index (χ2n) is 8.75. The smallest absolute Gasteiger partial charge is 0.194 e. The SMILES string of the molecule is CCNC(=NCCN1CCN(Cc2ccccc2)CC1)N1CCOC(C2CCCO2)C1.I. The van der Waals surface area contributed by atoms with Crippen molar-refractivity contribution in [1.29, 1.82) is 0 Å². The fraction of sp³-hybridized carbons (Fsp3) is 0.708. The van der Waals surface area contributed by atoms with Crippen LogP contribution in [0.3, 0.4) is 0 Å². The fourth-order valence-corrected chi connectivity index (χ4v) is 4.72. The Morgan fingerprint density at radius 1 is 1.00 bits per heavy atom. The van der Waals surface area contributed by atoms with Crippen molar-refractivity contribution in [1.82, 2.24) is 20.0 Å². The van der Waals surface area contributed by atoms with Crippen LogP contribution in [0.5, 0.6) is 0 Å². The maximum atomic E-state index is 6.01. The Hall–Kier alpha value is -0.940. The summed E-state index contributed by atoms with van der Waals surface area (Å²) in [6.45, 7) is 13.8. The van der Waals surface area contributed by atoms with E-state index in [1.807, 2.05) is 0 Å². The van der Waals surface area contributed by atoms with E-state index in [1.165, 1.54) is 5.56 Å². The molecule has 3 saturated heterocycles. The Morgan fingerprint density at radius 3 is 2.47 bits per heavy atom. The Bertz CT molecular complexity index is 678. The van der Waals surface area contributed by atoms with Crippen molar-refractivity contribution in [3.8, 4) is 0 Å². The highest BCUT2D eigenvalue weighted by Gasteiger charge is 2.32. The van der Waals surface area contributed by atoms with Gasteiger partial charge < -0.3 is 19.7 Å². The van der Waals surface area contributed by atoms with Crippen molar-refractivity contribution in [2.75, 3.05) is 72.1 Å². The van der Waals surface area contributed by atoms with Crippen LogP contribution in [0.15, 0.2) is 35.3 Å². The number of guanidine groups is 1. The van der Waals surface area contributed by atoms with Crippen LogP contribution in [0.1, 0.15) is 25.3 Å². The molecule has 0 spiro atoms. The van der Waals surface area contributed by atoms with E-state index in [0.717, 1.165) is 97.5 Å². The predicted octanol–water partition coefficient (Wildman–Crippen LogP) is 2.27. The van der Waals surface area contributed by atoms with Crippen molar-refractivity contribution in [2.45, 2.75) is 38.5 Å². The van der Waals surface area contributed by atoms with Gasteiger partial charge in [0.05, 0.1) is 19.3 Å². The number of hydrogen-bond acceptors (Lipinski definition) is 5. The monoisotopic (exact) mass is 557 g/mol. The lowest BCUT2D eigenvalue weighted by Gasteiger charge is -2.37. The molecule has 2 atom stereocenters. The maximum absolute atomic E-state index is 6.01. The summed E-state index contributed by atoms with van der Waals surface area (Å²) < 4.78 is 11.9. The molecule has 32 heavy (non-hydrogen) atoms. The van der Waals surface area contributed by atoms with Crippen LogP contribution in [0.4, 0.5) is 0 Å². The number of piperazine rings is 1. The zero-order valence-corrected chi connectivity index (χ0v) is 21.8. The van der Waals surface area contributed by atoms with Gasteiger partial charge in [-0.1, -0.05) is 30.3 Å². The summed E-state index contributed by atoms with van der Waals surface area (Å²) in [5, 5.41) is 3.49. The second-order valence-corrected chi connectivity index (χ2v) is 8.75. The molecule has 0 saturated carbocycles. The molecule has 0 amide bonds. The average Bonchev–Trinajstić information content (AvgIpc) is 3.36. The van der Waals surface area contributed by atoms with E-state index in [2.05, 4.69) is 57.3 Å². The Kier molecular flexibility index (Phi) is 11.0. The minimum atomic E-state index is 0. The highest BCUT2D eigenvalue weighted by molar-refractivity contribution is 14.0. The fourth-order valence-electron chi connectivity index (χ4n) is 4.72. The molecule has 0 aromatic heterocycles. The Morgan fingerprint density at radius 2 is 1.75 bits per heavy atom. The number of nitrogens with zero attached hydrogens (tertiary/aromatic N) is 4. The highest BCUT2D eigenvalue weighted by Crippen LogP contribution is 2.21. The third-order valence-corrected chi connectivity index (χ3v) is 6.50. The van der Waals surface area contributed by atoms with E-state index in [0.29, 0.717) is 0 Å². The molecule has 4 rings (SSSR count). The van der Waals surface area contributed by atoms with E-state index in [4.69, 9.17) is 14.5 Å². The number of aliphatic imine (C=N–C) groups is 1. The first-order valence-corrected chi connectivity index (χ1v) is 12.1. The van der Waals surface area contributed by atoms with Crippen LogP contribution in [-0.2, 0) is 16.0 Å². The van der Waals surface area contributed by atoms with Gasteiger partial charge in [0.25, 0.3) is 0 Å². The van der Waals surface area contributed by atoms with E-state index < -0.39 is 0 Å². The van der Waals surface area contributed by atoms with Crippen LogP contribution in [0.25, 0.3) is 0 Å². The van der Waals surface area contributed by atoms with Crippen molar-refractivity contribution in [3.05, 3.63) is 35.9 Å². The second kappa shape index (κ2) is 13.7. The molecule has 1 aromatic rings. The molecule has 7 nitrogen and oxygen atoms in total. The summed E-state index contributed by atoms with van der Waals surface area (Å²) >= 11 is 0. The molecule has 2 unspecified atom stereocenters. The van der Waals surface area contributed by atoms with Gasteiger partial charge in [-0.05, 0) is 25.3 Å². The molecule has 8 heteroatoms. The molecule has 3 heterocycles. The summed E-state index contributed by atoms with van der Waals surface area (Å²) in [6, 6.07) is 10.8. The molecule has 0 aliphatic carbocycles. The topological polar surface area (TPSA) is 52.6 Å². The van der Waals surface area contributed by atoms with Gasteiger partial charge in [-0.25, -0.2) is 0 Å². The molecule has 3 aliphatic heterocycles. The Labute approximate surface area is 210 Å². The van der Waals surface area contributed by atoms with E-state index >= 15 is 0 Å².